The van der Waals surface area contributed by atoms with E-state index in [1.165, 1.54) is 0 Å². The lowest BCUT2D eigenvalue weighted by Crippen LogP contribution is -2.48. The molecule has 0 aliphatic carbocycles. The average Bonchev–Trinajstić information content (AvgIpc) is 2.92. The largest absolute Gasteiger partial charge is 0.333 e. The van der Waals surface area contributed by atoms with Crippen molar-refractivity contribution >= 4 is 30.1 Å². The van der Waals surface area contributed by atoms with E-state index in [1.54, 1.807) is 0 Å². The first-order valence-corrected chi connectivity index (χ1v) is 9.19. The lowest BCUT2D eigenvalue weighted by Gasteiger charge is -2.37. The molecule has 0 saturated carbocycles. The molecule has 2 aliphatic heterocycles. The first-order chi connectivity index (χ1) is 10.6. The zero-order valence-corrected chi connectivity index (χ0v) is 15.6. The van der Waals surface area contributed by atoms with Crippen LogP contribution in [0.4, 0.5) is 0 Å². The van der Waals surface area contributed by atoms with Crippen LogP contribution in [0.1, 0.15) is 48.9 Å². The molecule has 130 valence electrons. The van der Waals surface area contributed by atoms with Crippen LogP contribution in [-0.4, -0.2) is 62.5 Å². The van der Waals surface area contributed by atoms with Crippen molar-refractivity contribution < 1.29 is 4.79 Å². The second kappa shape index (κ2) is 7.85. The molecule has 0 radical (unpaired) electrons. The van der Waals surface area contributed by atoms with Gasteiger partial charge in [-0.15, -0.1) is 17.5 Å². The summed E-state index contributed by atoms with van der Waals surface area (Å²) < 4.78 is 1.96. The molecule has 2 atom stereocenters. The van der Waals surface area contributed by atoms with Crippen molar-refractivity contribution in [3.8, 4) is 0 Å². The number of thioether (sulfide) groups is 1. The van der Waals surface area contributed by atoms with E-state index in [0.717, 1.165) is 43.9 Å². The molecular weight excluding hydrogens is 334 g/mol. The number of hydrogen-bond acceptors (Lipinski definition) is 5. The van der Waals surface area contributed by atoms with E-state index < -0.39 is 0 Å². The van der Waals surface area contributed by atoms with E-state index in [9.17, 15) is 4.79 Å². The fraction of sp³-hybridized carbons (Fsp3) is 0.800. The van der Waals surface area contributed by atoms with Crippen LogP contribution >= 0.6 is 24.2 Å². The summed E-state index contributed by atoms with van der Waals surface area (Å²) in [4.78, 5) is 14.8. The van der Waals surface area contributed by atoms with Gasteiger partial charge in [-0.25, -0.2) is 4.68 Å². The predicted molar refractivity (Wildman–Crippen MR) is 95.6 cm³/mol. The van der Waals surface area contributed by atoms with Crippen LogP contribution in [0.5, 0.6) is 0 Å². The van der Waals surface area contributed by atoms with Gasteiger partial charge in [-0.1, -0.05) is 12.1 Å². The first kappa shape index (κ1) is 18.5. The Morgan fingerprint density at radius 1 is 1.30 bits per heavy atom. The van der Waals surface area contributed by atoms with Gasteiger partial charge in [0.2, 0.25) is 0 Å². The van der Waals surface area contributed by atoms with E-state index in [-0.39, 0.29) is 24.4 Å². The molecule has 2 unspecified atom stereocenters. The van der Waals surface area contributed by atoms with Crippen LogP contribution in [0.25, 0.3) is 0 Å². The number of amides is 1. The third-order valence-electron chi connectivity index (χ3n) is 4.93. The van der Waals surface area contributed by atoms with Gasteiger partial charge in [0.1, 0.15) is 0 Å². The van der Waals surface area contributed by atoms with Crippen LogP contribution < -0.4 is 5.32 Å². The number of halogens is 1. The number of rotatable bonds is 2. The lowest BCUT2D eigenvalue weighted by molar-refractivity contribution is 0.0691. The standard InChI is InChI=1S/C15H25N5OS.ClH/c1-10-12(3)22-9-8-19(10)15(21)14-11(2)20(18-17-14)13-4-6-16-7-5-13;/h10,12-13,16H,4-9H2,1-3H3;1H. The summed E-state index contributed by atoms with van der Waals surface area (Å²) in [6, 6.07) is 0.609. The molecule has 1 N–H and O–H groups in total. The van der Waals surface area contributed by atoms with Gasteiger partial charge >= 0.3 is 0 Å². The molecule has 3 rings (SSSR count). The normalized spacial score (nSPS) is 26.0. The van der Waals surface area contributed by atoms with E-state index >= 15 is 0 Å². The van der Waals surface area contributed by atoms with Gasteiger partial charge in [0, 0.05) is 23.6 Å². The van der Waals surface area contributed by atoms with Crippen LogP contribution in [0.2, 0.25) is 0 Å². The molecule has 2 saturated heterocycles. The summed E-state index contributed by atoms with van der Waals surface area (Å²) in [6.07, 6.45) is 2.09. The first-order valence-electron chi connectivity index (χ1n) is 8.14. The van der Waals surface area contributed by atoms with Crippen molar-refractivity contribution in [1.82, 2.24) is 25.2 Å². The third-order valence-corrected chi connectivity index (χ3v) is 6.27. The van der Waals surface area contributed by atoms with Gasteiger partial charge in [-0.3, -0.25) is 4.79 Å². The van der Waals surface area contributed by atoms with Crippen LogP contribution in [-0.2, 0) is 0 Å². The minimum Gasteiger partial charge on any atom is -0.333 e. The van der Waals surface area contributed by atoms with E-state index in [0.29, 0.717) is 17.0 Å². The highest BCUT2D eigenvalue weighted by Gasteiger charge is 2.32. The van der Waals surface area contributed by atoms with Gasteiger partial charge in [0.05, 0.1) is 11.7 Å². The zero-order valence-electron chi connectivity index (χ0n) is 14.0. The highest BCUT2D eigenvalue weighted by Crippen LogP contribution is 2.26. The number of piperidine rings is 1. The molecule has 1 amide bonds. The highest BCUT2D eigenvalue weighted by atomic mass is 35.5. The maximum absolute atomic E-state index is 12.9. The number of hydrogen-bond donors (Lipinski definition) is 1. The number of nitrogens with zero attached hydrogens (tertiary/aromatic N) is 4. The quantitative estimate of drug-likeness (QED) is 0.873. The Labute approximate surface area is 148 Å². The van der Waals surface area contributed by atoms with E-state index in [2.05, 4.69) is 29.5 Å². The summed E-state index contributed by atoms with van der Waals surface area (Å²) in [5, 5.41) is 12.3. The van der Waals surface area contributed by atoms with Crippen molar-refractivity contribution in [1.29, 1.82) is 0 Å². The summed E-state index contributed by atoms with van der Waals surface area (Å²) in [7, 11) is 0. The molecule has 1 aromatic heterocycles. The Morgan fingerprint density at radius 2 is 2.00 bits per heavy atom. The molecule has 2 fully saturated rings. The molecule has 3 heterocycles. The van der Waals surface area contributed by atoms with Crippen molar-refractivity contribution in [3.05, 3.63) is 11.4 Å². The number of carbonyl (C=O) groups excluding carboxylic acids is 1. The summed E-state index contributed by atoms with van der Waals surface area (Å²) in [5.41, 5.74) is 1.44. The second-order valence-electron chi connectivity index (χ2n) is 6.26. The minimum atomic E-state index is 0. The molecule has 23 heavy (non-hydrogen) atoms. The topological polar surface area (TPSA) is 63.1 Å². The maximum atomic E-state index is 12.9. The summed E-state index contributed by atoms with van der Waals surface area (Å²) in [6.45, 7) is 9.10. The van der Waals surface area contributed by atoms with Crippen LogP contribution in [0.15, 0.2) is 0 Å². The SMILES string of the molecule is Cc1c(C(=O)N2CCSC(C)C2C)nnn1C1CCNCC1.Cl. The molecule has 0 spiro atoms. The monoisotopic (exact) mass is 359 g/mol. The lowest BCUT2D eigenvalue weighted by atomic mass is 10.1. The molecule has 0 aromatic carbocycles. The third kappa shape index (κ3) is 3.67. The van der Waals surface area contributed by atoms with E-state index in [1.807, 2.05) is 28.3 Å². The smallest absolute Gasteiger partial charge is 0.276 e. The minimum absolute atomic E-state index is 0. The molecular formula is C15H26ClN5OS. The Hall–Kier alpha value is -0.790. The van der Waals surface area contributed by atoms with Crippen molar-refractivity contribution in [2.75, 3.05) is 25.4 Å². The Bertz CT molecular complexity index is 546. The Balaban J connectivity index is 0.00000192. The Kier molecular flexibility index (Phi) is 6.33. The van der Waals surface area contributed by atoms with Crippen LogP contribution in [0, 0.1) is 6.92 Å². The van der Waals surface area contributed by atoms with Gasteiger partial charge in [0.15, 0.2) is 5.69 Å². The predicted octanol–water partition coefficient (Wildman–Crippen LogP) is 1.90. The molecule has 1 aromatic rings. The van der Waals surface area contributed by atoms with Crippen LogP contribution in [0.3, 0.4) is 0 Å². The molecule has 8 heteroatoms. The molecule has 6 nitrogen and oxygen atoms in total. The maximum Gasteiger partial charge on any atom is 0.276 e. The van der Waals surface area contributed by atoms with Gasteiger partial charge in [-0.05, 0) is 39.8 Å². The van der Waals surface area contributed by atoms with Crippen molar-refractivity contribution in [3.63, 3.8) is 0 Å². The van der Waals surface area contributed by atoms with Gasteiger partial charge in [-0.2, -0.15) is 11.8 Å². The molecule has 0 bridgehead atoms. The number of carbonyl (C=O) groups is 1. The average molecular weight is 360 g/mol. The number of nitrogens with one attached hydrogen (secondary N) is 1. The summed E-state index contributed by atoms with van der Waals surface area (Å²) >= 11 is 1.93. The van der Waals surface area contributed by atoms with Gasteiger partial charge < -0.3 is 10.2 Å². The highest BCUT2D eigenvalue weighted by molar-refractivity contribution is 8.00. The molecule has 2 aliphatic rings. The van der Waals surface area contributed by atoms with Crippen molar-refractivity contribution in [2.45, 2.75) is 50.9 Å². The fourth-order valence-electron chi connectivity index (χ4n) is 3.29. The Morgan fingerprint density at radius 3 is 2.70 bits per heavy atom. The van der Waals surface area contributed by atoms with Gasteiger partial charge in [0.25, 0.3) is 5.91 Å². The summed E-state index contributed by atoms with van der Waals surface area (Å²) in [5.74, 6) is 1.04. The van der Waals surface area contributed by atoms with Crippen molar-refractivity contribution in [2.24, 2.45) is 0 Å². The fourth-order valence-corrected chi connectivity index (χ4v) is 4.39. The zero-order chi connectivity index (χ0) is 15.7. The van der Waals surface area contributed by atoms with E-state index in [4.69, 9.17) is 0 Å². The number of aromatic nitrogens is 3. The second-order valence-corrected chi connectivity index (χ2v) is 7.75.